The fourth-order valence-corrected chi connectivity index (χ4v) is 4.03. The Bertz CT molecular complexity index is 1090. The van der Waals surface area contributed by atoms with Crippen LogP contribution in [0.15, 0.2) is 66.3 Å². The van der Waals surface area contributed by atoms with Gasteiger partial charge in [0.15, 0.2) is 4.96 Å². The molecule has 1 aliphatic heterocycles. The van der Waals surface area contributed by atoms with Crippen molar-refractivity contribution in [1.29, 1.82) is 0 Å². The minimum absolute atomic E-state index is 0.0141. The smallest absolute Gasteiger partial charge is 0.231 e. The number of carbonyl (C=O) groups excluding carboxylic acids is 1. The molecule has 27 heavy (non-hydrogen) atoms. The van der Waals surface area contributed by atoms with Crippen LogP contribution in [0.5, 0.6) is 5.75 Å². The lowest BCUT2D eigenvalue weighted by Crippen LogP contribution is -2.32. The summed E-state index contributed by atoms with van der Waals surface area (Å²) in [6.45, 7) is 0.409. The van der Waals surface area contributed by atoms with E-state index in [4.69, 9.17) is 4.74 Å². The van der Waals surface area contributed by atoms with Crippen molar-refractivity contribution >= 4 is 27.9 Å². The molecule has 0 bridgehead atoms. The summed E-state index contributed by atoms with van der Waals surface area (Å²) in [7, 11) is 0. The number of ether oxygens (including phenoxy) is 1. The maximum atomic E-state index is 12.6. The van der Waals surface area contributed by atoms with Gasteiger partial charge in [0.2, 0.25) is 5.91 Å². The van der Waals surface area contributed by atoms with Crippen molar-refractivity contribution in [2.75, 3.05) is 11.9 Å². The highest BCUT2D eigenvalue weighted by Gasteiger charge is 2.25. The van der Waals surface area contributed by atoms with Crippen molar-refractivity contribution in [2.24, 2.45) is 5.92 Å². The number of carbonyl (C=O) groups is 1. The Kier molecular flexibility index (Phi) is 3.90. The number of amides is 1. The van der Waals surface area contributed by atoms with Crippen molar-refractivity contribution in [1.82, 2.24) is 9.38 Å². The van der Waals surface area contributed by atoms with Crippen LogP contribution in [0.1, 0.15) is 5.56 Å². The molecule has 1 atom stereocenters. The zero-order valence-electron chi connectivity index (χ0n) is 14.5. The summed E-state index contributed by atoms with van der Waals surface area (Å²) in [6, 6.07) is 15.7. The molecule has 0 aliphatic carbocycles. The van der Waals surface area contributed by atoms with Crippen LogP contribution in [0.2, 0.25) is 0 Å². The van der Waals surface area contributed by atoms with Crippen LogP contribution in [0, 0.1) is 5.92 Å². The average molecular weight is 375 g/mol. The van der Waals surface area contributed by atoms with E-state index in [-0.39, 0.29) is 11.8 Å². The van der Waals surface area contributed by atoms with Gasteiger partial charge < -0.3 is 10.1 Å². The second-order valence-corrected chi connectivity index (χ2v) is 7.48. The summed E-state index contributed by atoms with van der Waals surface area (Å²) in [5, 5.41) is 5.01. The predicted octanol–water partition coefficient (Wildman–Crippen LogP) is 4.25. The van der Waals surface area contributed by atoms with Gasteiger partial charge in [-0.2, -0.15) is 0 Å². The molecule has 0 saturated heterocycles. The van der Waals surface area contributed by atoms with Gasteiger partial charge >= 0.3 is 0 Å². The van der Waals surface area contributed by atoms with E-state index >= 15 is 0 Å². The molecule has 1 N–H and O–H groups in total. The molecule has 4 aromatic rings. The van der Waals surface area contributed by atoms with E-state index in [1.165, 1.54) is 0 Å². The summed E-state index contributed by atoms with van der Waals surface area (Å²) in [6.07, 6.45) is 4.71. The molecular weight excluding hydrogens is 358 g/mol. The third-order valence-corrected chi connectivity index (χ3v) is 5.56. The third kappa shape index (κ3) is 3.08. The molecule has 2 aromatic heterocycles. The molecule has 0 fully saturated rings. The molecule has 3 heterocycles. The third-order valence-electron chi connectivity index (χ3n) is 4.79. The lowest BCUT2D eigenvalue weighted by molar-refractivity contribution is -0.121. The highest BCUT2D eigenvalue weighted by atomic mass is 32.1. The fourth-order valence-electron chi connectivity index (χ4n) is 3.33. The number of nitrogens with one attached hydrogen (secondary N) is 1. The largest absolute Gasteiger partial charge is 0.492 e. The topological polar surface area (TPSA) is 55.6 Å². The van der Waals surface area contributed by atoms with Crippen LogP contribution in [0.25, 0.3) is 16.2 Å². The Morgan fingerprint density at radius 1 is 1.19 bits per heavy atom. The Morgan fingerprint density at radius 3 is 2.89 bits per heavy atom. The Labute approximate surface area is 160 Å². The highest BCUT2D eigenvalue weighted by molar-refractivity contribution is 7.15. The maximum Gasteiger partial charge on any atom is 0.231 e. The van der Waals surface area contributed by atoms with E-state index in [0.29, 0.717) is 13.0 Å². The van der Waals surface area contributed by atoms with Crippen molar-refractivity contribution in [3.8, 4) is 17.0 Å². The molecule has 5 nitrogen and oxygen atoms in total. The van der Waals surface area contributed by atoms with Crippen molar-refractivity contribution in [3.05, 3.63) is 71.9 Å². The standard InChI is InChI=1S/C21H17N3O2S/c25-20(16-11-15-3-1-2-4-19(15)26-13-16)22-17-7-5-14(6-8-17)18-12-24-9-10-27-21(24)23-18/h1-10,12,16H,11,13H2,(H,22,25)/t16-/m0/s1. The maximum absolute atomic E-state index is 12.6. The van der Waals surface area contributed by atoms with E-state index in [9.17, 15) is 4.79 Å². The number of rotatable bonds is 3. The molecule has 0 unspecified atom stereocenters. The molecule has 0 saturated carbocycles. The number of aromatic nitrogens is 2. The molecule has 1 amide bonds. The van der Waals surface area contributed by atoms with Crippen LogP contribution >= 0.6 is 11.3 Å². The van der Waals surface area contributed by atoms with Crippen molar-refractivity contribution in [3.63, 3.8) is 0 Å². The van der Waals surface area contributed by atoms with E-state index in [1.54, 1.807) is 11.3 Å². The van der Waals surface area contributed by atoms with Crippen LogP contribution in [-0.2, 0) is 11.2 Å². The normalized spacial score (nSPS) is 15.9. The van der Waals surface area contributed by atoms with Crippen LogP contribution in [0.3, 0.4) is 0 Å². The molecular formula is C21H17N3O2S. The van der Waals surface area contributed by atoms with Crippen LogP contribution < -0.4 is 10.1 Å². The molecule has 2 aromatic carbocycles. The van der Waals surface area contributed by atoms with Gasteiger partial charge in [0.25, 0.3) is 0 Å². The molecule has 1 aliphatic rings. The van der Waals surface area contributed by atoms with Crippen LogP contribution in [0.4, 0.5) is 5.69 Å². The minimum Gasteiger partial charge on any atom is -0.492 e. The van der Waals surface area contributed by atoms with E-state index in [2.05, 4.69) is 10.3 Å². The van der Waals surface area contributed by atoms with E-state index in [1.807, 2.05) is 70.7 Å². The number of anilines is 1. The lowest BCUT2D eigenvalue weighted by atomic mass is 9.96. The molecule has 134 valence electrons. The zero-order chi connectivity index (χ0) is 18.2. The summed E-state index contributed by atoms with van der Waals surface area (Å²) >= 11 is 1.61. The number of para-hydroxylation sites is 1. The van der Waals surface area contributed by atoms with Gasteiger partial charge in [-0.1, -0.05) is 30.3 Å². The van der Waals surface area contributed by atoms with Crippen LogP contribution in [-0.4, -0.2) is 21.9 Å². The van der Waals surface area contributed by atoms with Gasteiger partial charge in [0, 0.05) is 29.0 Å². The predicted molar refractivity (Wildman–Crippen MR) is 106 cm³/mol. The van der Waals surface area contributed by atoms with Gasteiger partial charge in [-0.3, -0.25) is 9.20 Å². The lowest BCUT2D eigenvalue weighted by Gasteiger charge is -2.24. The first-order chi connectivity index (χ1) is 13.3. The second-order valence-electron chi connectivity index (χ2n) is 6.61. The fraction of sp³-hybridized carbons (Fsp3) is 0.143. The van der Waals surface area contributed by atoms with E-state index in [0.717, 1.165) is 33.2 Å². The van der Waals surface area contributed by atoms with Crippen molar-refractivity contribution < 1.29 is 9.53 Å². The average Bonchev–Trinajstić information content (AvgIpc) is 3.30. The number of thiazole rings is 1. The minimum atomic E-state index is -0.181. The summed E-state index contributed by atoms with van der Waals surface area (Å²) in [5.41, 5.74) is 3.82. The number of hydrogen-bond donors (Lipinski definition) is 1. The van der Waals surface area contributed by atoms with Gasteiger partial charge in [-0.15, -0.1) is 11.3 Å². The monoisotopic (exact) mass is 375 g/mol. The molecule has 6 heteroatoms. The molecule has 5 rings (SSSR count). The second kappa shape index (κ2) is 6.55. The number of fused-ring (bicyclic) bond motifs is 2. The Hall–Kier alpha value is -3.12. The summed E-state index contributed by atoms with van der Waals surface area (Å²) in [5.74, 6) is 0.685. The first-order valence-electron chi connectivity index (χ1n) is 8.80. The first kappa shape index (κ1) is 16.1. The first-order valence-corrected chi connectivity index (χ1v) is 9.68. The van der Waals surface area contributed by atoms with Gasteiger partial charge in [-0.05, 0) is 30.2 Å². The highest BCUT2D eigenvalue weighted by Crippen LogP contribution is 2.28. The number of benzene rings is 2. The SMILES string of the molecule is O=C(Nc1ccc(-c2cn3ccsc3n2)cc1)[C@@H]1COc2ccccc2C1. The number of nitrogens with zero attached hydrogens (tertiary/aromatic N) is 2. The number of hydrogen-bond acceptors (Lipinski definition) is 4. The van der Waals surface area contributed by atoms with Crippen molar-refractivity contribution in [2.45, 2.75) is 6.42 Å². The van der Waals surface area contributed by atoms with E-state index < -0.39 is 0 Å². The van der Waals surface area contributed by atoms with Gasteiger partial charge in [0.1, 0.15) is 12.4 Å². The van der Waals surface area contributed by atoms with Gasteiger partial charge in [0.05, 0.1) is 11.6 Å². The Balaban J connectivity index is 1.28. The van der Waals surface area contributed by atoms with Gasteiger partial charge in [-0.25, -0.2) is 4.98 Å². The summed E-state index contributed by atoms with van der Waals surface area (Å²) in [4.78, 5) is 18.2. The zero-order valence-corrected chi connectivity index (χ0v) is 15.3. The molecule has 0 spiro atoms. The Morgan fingerprint density at radius 2 is 2.04 bits per heavy atom. The molecule has 0 radical (unpaired) electrons. The summed E-state index contributed by atoms with van der Waals surface area (Å²) < 4.78 is 7.73. The quantitative estimate of drug-likeness (QED) is 0.582. The number of imidazole rings is 1.